The number of non-ortho nitro benzene ring substituents is 1. The van der Waals surface area contributed by atoms with E-state index in [1.165, 1.54) is 28.4 Å². The highest BCUT2D eigenvalue weighted by Crippen LogP contribution is 2.32. The SMILES string of the molecule is CNC(=O)CN(C)c1ccc([N+](=O)[O-])cc1S(=O)(=O)N1CCCC1. The van der Waals surface area contributed by atoms with Crippen molar-refractivity contribution < 1.29 is 18.1 Å². The first-order valence-electron chi connectivity index (χ1n) is 7.47. The number of nitro benzene ring substituents is 1. The number of hydrogen-bond donors (Lipinski definition) is 1. The molecule has 0 spiro atoms. The molecule has 1 aromatic rings. The number of nitrogens with one attached hydrogen (secondary N) is 1. The molecule has 2 rings (SSSR count). The van der Waals surface area contributed by atoms with Gasteiger partial charge in [-0.1, -0.05) is 0 Å². The van der Waals surface area contributed by atoms with E-state index in [1.54, 1.807) is 7.05 Å². The van der Waals surface area contributed by atoms with Crippen molar-refractivity contribution in [3.63, 3.8) is 0 Å². The average Bonchev–Trinajstić information content (AvgIpc) is 3.09. The van der Waals surface area contributed by atoms with Gasteiger partial charge in [-0.05, 0) is 18.9 Å². The van der Waals surface area contributed by atoms with E-state index in [-0.39, 0.29) is 28.7 Å². The van der Waals surface area contributed by atoms with Gasteiger partial charge in [0.15, 0.2) is 0 Å². The predicted molar refractivity (Wildman–Crippen MR) is 88.4 cm³/mol. The van der Waals surface area contributed by atoms with Crippen molar-refractivity contribution in [2.45, 2.75) is 17.7 Å². The predicted octanol–water partition coefficient (Wildman–Crippen LogP) is 0.561. The number of sulfonamides is 1. The van der Waals surface area contributed by atoms with Crippen LogP contribution in [0.25, 0.3) is 0 Å². The van der Waals surface area contributed by atoms with Gasteiger partial charge in [-0.3, -0.25) is 14.9 Å². The summed E-state index contributed by atoms with van der Waals surface area (Å²) in [7, 11) is -0.808. The zero-order valence-electron chi connectivity index (χ0n) is 13.6. The summed E-state index contributed by atoms with van der Waals surface area (Å²) < 4.78 is 27.1. The molecule has 0 atom stereocenters. The second-order valence-corrected chi connectivity index (χ2v) is 7.46. The van der Waals surface area contributed by atoms with Crippen LogP contribution in [0.4, 0.5) is 11.4 Å². The highest BCUT2D eigenvalue weighted by Gasteiger charge is 2.32. The normalized spacial score (nSPS) is 15.2. The highest BCUT2D eigenvalue weighted by atomic mass is 32.2. The van der Waals surface area contributed by atoms with E-state index in [0.29, 0.717) is 13.1 Å². The summed E-state index contributed by atoms with van der Waals surface area (Å²) in [5, 5.41) is 13.5. The topological polar surface area (TPSA) is 113 Å². The van der Waals surface area contributed by atoms with E-state index in [9.17, 15) is 23.3 Å². The molecule has 1 N–H and O–H groups in total. The fraction of sp³-hybridized carbons (Fsp3) is 0.500. The van der Waals surface area contributed by atoms with Crippen LogP contribution in [-0.4, -0.2) is 57.3 Å². The van der Waals surface area contributed by atoms with Crippen molar-refractivity contribution in [1.29, 1.82) is 0 Å². The van der Waals surface area contributed by atoms with Gasteiger partial charge in [0.25, 0.3) is 5.69 Å². The Balaban J connectivity index is 2.50. The molecule has 9 nitrogen and oxygen atoms in total. The second kappa shape index (κ2) is 7.14. The van der Waals surface area contributed by atoms with E-state index < -0.39 is 14.9 Å². The van der Waals surface area contributed by atoms with Crippen LogP contribution in [0.1, 0.15) is 12.8 Å². The van der Waals surface area contributed by atoms with Crippen LogP contribution in [0.3, 0.4) is 0 Å². The monoisotopic (exact) mass is 356 g/mol. The Labute approximate surface area is 140 Å². The summed E-state index contributed by atoms with van der Waals surface area (Å²) >= 11 is 0. The third-order valence-corrected chi connectivity index (χ3v) is 5.84. The Bertz CT molecular complexity index is 744. The van der Waals surface area contributed by atoms with E-state index in [4.69, 9.17) is 0 Å². The molecule has 0 bridgehead atoms. The lowest BCUT2D eigenvalue weighted by Crippen LogP contribution is -2.35. The number of hydrogen-bond acceptors (Lipinski definition) is 6. The molecule has 1 heterocycles. The lowest BCUT2D eigenvalue weighted by atomic mass is 10.2. The molecule has 0 unspecified atom stereocenters. The second-order valence-electron chi connectivity index (χ2n) is 5.55. The number of carbonyl (C=O) groups excluding carboxylic acids is 1. The molecular weight excluding hydrogens is 336 g/mol. The molecule has 1 aliphatic heterocycles. The number of likely N-dealkylation sites (N-methyl/N-ethyl adjacent to an activating group) is 2. The molecule has 1 fully saturated rings. The number of carbonyl (C=O) groups is 1. The Morgan fingerprint density at radius 2 is 2.00 bits per heavy atom. The summed E-state index contributed by atoms with van der Waals surface area (Å²) in [4.78, 5) is 23.3. The largest absolute Gasteiger partial charge is 0.364 e. The standard InChI is InChI=1S/C14H20N4O5S/c1-15-14(19)10-16(2)12-6-5-11(18(20)21)9-13(12)24(22,23)17-7-3-4-8-17/h5-6,9H,3-4,7-8,10H2,1-2H3,(H,15,19). The van der Waals surface area contributed by atoms with Gasteiger partial charge in [0, 0.05) is 39.3 Å². The molecule has 1 aliphatic rings. The van der Waals surface area contributed by atoms with Crippen LogP contribution >= 0.6 is 0 Å². The van der Waals surface area contributed by atoms with E-state index >= 15 is 0 Å². The number of benzene rings is 1. The zero-order valence-corrected chi connectivity index (χ0v) is 14.4. The van der Waals surface area contributed by atoms with Gasteiger partial charge in [0.05, 0.1) is 17.2 Å². The molecule has 0 aromatic heterocycles. The van der Waals surface area contributed by atoms with Crippen LogP contribution in [0.15, 0.2) is 23.1 Å². The minimum Gasteiger partial charge on any atom is -0.364 e. The molecular formula is C14H20N4O5S. The molecule has 0 radical (unpaired) electrons. The smallest absolute Gasteiger partial charge is 0.270 e. The first kappa shape index (κ1) is 18.1. The highest BCUT2D eigenvalue weighted by molar-refractivity contribution is 7.89. The fourth-order valence-electron chi connectivity index (χ4n) is 2.59. The van der Waals surface area contributed by atoms with Gasteiger partial charge in [-0.2, -0.15) is 4.31 Å². The van der Waals surface area contributed by atoms with Crippen LogP contribution in [0.2, 0.25) is 0 Å². The van der Waals surface area contributed by atoms with Gasteiger partial charge < -0.3 is 10.2 Å². The number of nitrogens with zero attached hydrogens (tertiary/aromatic N) is 3. The fourth-order valence-corrected chi connectivity index (χ4v) is 4.36. The third-order valence-electron chi connectivity index (χ3n) is 3.91. The zero-order chi connectivity index (χ0) is 17.9. The van der Waals surface area contributed by atoms with Crippen molar-refractivity contribution in [3.8, 4) is 0 Å². The number of amides is 1. The maximum Gasteiger partial charge on any atom is 0.270 e. The first-order chi connectivity index (χ1) is 11.3. The van der Waals surface area contributed by atoms with E-state index in [1.807, 2.05) is 0 Å². The summed E-state index contributed by atoms with van der Waals surface area (Å²) in [5.74, 6) is -0.291. The lowest BCUT2D eigenvalue weighted by Gasteiger charge is -2.24. The van der Waals surface area contributed by atoms with Gasteiger partial charge >= 0.3 is 0 Å². The van der Waals surface area contributed by atoms with Crippen molar-refractivity contribution in [2.75, 3.05) is 38.6 Å². The van der Waals surface area contributed by atoms with Crippen LogP contribution < -0.4 is 10.2 Å². The average molecular weight is 356 g/mol. The van der Waals surface area contributed by atoms with E-state index in [2.05, 4.69) is 5.32 Å². The lowest BCUT2D eigenvalue weighted by molar-refractivity contribution is -0.385. The minimum absolute atomic E-state index is 0.0587. The molecule has 1 saturated heterocycles. The Morgan fingerprint density at radius 1 is 1.38 bits per heavy atom. The number of nitro groups is 1. The number of anilines is 1. The molecule has 24 heavy (non-hydrogen) atoms. The molecule has 0 aliphatic carbocycles. The van der Waals surface area contributed by atoms with E-state index in [0.717, 1.165) is 18.9 Å². The van der Waals surface area contributed by atoms with Crippen molar-refractivity contribution in [3.05, 3.63) is 28.3 Å². The van der Waals surface area contributed by atoms with Gasteiger partial charge in [-0.25, -0.2) is 8.42 Å². The minimum atomic E-state index is -3.86. The van der Waals surface area contributed by atoms with Crippen LogP contribution in [0.5, 0.6) is 0 Å². The molecule has 132 valence electrons. The van der Waals surface area contributed by atoms with Crippen LogP contribution in [-0.2, 0) is 14.8 Å². The summed E-state index contributed by atoms with van der Waals surface area (Å²) in [6.45, 7) is 0.726. The Hall–Kier alpha value is -2.20. The maximum absolute atomic E-state index is 12.9. The summed E-state index contributed by atoms with van der Waals surface area (Å²) in [6.07, 6.45) is 1.52. The summed E-state index contributed by atoms with van der Waals surface area (Å²) in [5.41, 5.74) is -0.0408. The Kier molecular flexibility index (Phi) is 5.40. The van der Waals surface area contributed by atoms with Gasteiger partial charge in [0.1, 0.15) is 4.90 Å². The molecule has 10 heteroatoms. The number of rotatable bonds is 6. The third kappa shape index (κ3) is 3.65. The first-order valence-corrected chi connectivity index (χ1v) is 8.91. The quantitative estimate of drug-likeness (QED) is 0.589. The van der Waals surface area contributed by atoms with Gasteiger partial charge in [0.2, 0.25) is 15.9 Å². The maximum atomic E-state index is 12.9. The summed E-state index contributed by atoms with van der Waals surface area (Å²) in [6, 6.07) is 3.66. The van der Waals surface area contributed by atoms with Crippen molar-refractivity contribution in [1.82, 2.24) is 9.62 Å². The Morgan fingerprint density at radius 3 is 2.54 bits per heavy atom. The van der Waals surface area contributed by atoms with Crippen molar-refractivity contribution in [2.24, 2.45) is 0 Å². The molecule has 1 aromatic carbocycles. The molecule has 0 saturated carbocycles. The van der Waals surface area contributed by atoms with Gasteiger partial charge in [-0.15, -0.1) is 0 Å². The molecule has 1 amide bonds. The van der Waals surface area contributed by atoms with Crippen molar-refractivity contribution >= 4 is 27.3 Å². The van der Waals surface area contributed by atoms with Crippen LogP contribution in [0, 0.1) is 10.1 Å².